The van der Waals surface area contributed by atoms with Crippen molar-refractivity contribution in [3.63, 3.8) is 0 Å². The minimum absolute atomic E-state index is 0.0892. The van der Waals surface area contributed by atoms with Gasteiger partial charge >= 0.3 is 0 Å². The summed E-state index contributed by atoms with van der Waals surface area (Å²) in [5, 5.41) is 6.98. The molecule has 0 atom stereocenters. The molecule has 0 bridgehead atoms. The van der Waals surface area contributed by atoms with Gasteiger partial charge in [-0.1, -0.05) is 24.3 Å². The maximum Gasteiger partial charge on any atom is 0.240 e. The Kier molecular flexibility index (Phi) is 4.74. The van der Waals surface area contributed by atoms with Crippen LogP contribution in [0.25, 0.3) is 16.8 Å². The average Bonchev–Trinajstić information content (AvgIpc) is 3.12. The molecule has 1 saturated heterocycles. The first-order valence-electron chi connectivity index (χ1n) is 10.0. The van der Waals surface area contributed by atoms with Crippen LogP contribution in [0.15, 0.2) is 66.9 Å². The summed E-state index contributed by atoms with van der Waals surface area (Å²) in [5.74, 6) is 0.149. The van der Waals surface area contributed by atoms with E-state index in [0.717, 1.165) is 28.1 Å². The van der Waals surface area contributed by atoms with E-state index in [1.165, 1.54) is 0 Å². The molecular formula is C23H21FN6O. The third kappa shape index (κ3) is 4.05. The molecule has 1 aliphatic heterocycles. The van der Waals surface area contributed by atoms with Crippen LogP contribution >= 0.6 is 0 Å². The number of nitrogen functional groups attached to an aromatic ring is 1. The molecule has 2 aromatic carbocycles. The number of hydrogen-bond acceptors (Lipinski definition) is 5. The molecule has 1 fully saturated rings. The Morgan fingerprint density at radius 1 is 1.06 bits per heavy atom. The summed E-state index contributed by atoms with van der Waals surface area (Å²) < 4.78 is 14.6. The van der Waals surface area contributed by atoms with Crippen LogP contribution in [-0.4, -0.2) is 39.8 Å². The van der Waals surface area contributed by atoms with Crippen LogP contribution in [0.4, 0.5) is 21.7 Å². The molecule has 5 rings (SSSR count). The maximum atomic E-state index is 13.0. The molecule has 3 heterocycles. The van der Waals surface area contributed by atoms with Crippen LogP contribution in [0.5, 0.6) is 0 Å². The Bertz CT molecular complexity index is 1230. The molecule has 7 nitrogen and oxygen atoms in total. The summed E-state index contributed by atoms with van der Waals surface area (Å²) in [6, 6.07) is 19.2. The highest BCUT2D eigenvalue weighted by Crippen LogP contribution is 2.24. The predicted octanol–water partition coefficient (Wildman–Crippen LogP) is 3.32. The number of rotatable bonds is 5. The van der Waals surface area contributed by atoms with Gasteiger partial charge in [-0.3, -0.25) is 4.79 Å². The summed E-state index contributed by atoms with van der Waals surface area (Å²) in [4.78, 5) is 18.6. The lowest BCUT2D eigenvalue weighted by Gasteiger charge is -2.36. The standard InChI is InChI=1S/C23H21FN6O/c24-18-13-29(14-18)20-7-5-19(6-8-20)26-22(31)11-15-1-3-16(4-2-15)17-9-10-30-21(12-17)27-23(25)28-30/h1-10,12,18H,11,13-14H2,(H2,25,28)(H,26,31). The number of amides is 1. The van der Waals surface area contributed by atoms with Gasteiger partial charge in [-0.2, -0.15) is 4.98 Å². The third-order valence-electron chi connectivity index (χ3n) is 5.36. The van der Waals surface area contributed by atoms with Gasteiger partial charge in [-0.25, -0.2) is 8.91 Å². The van der Waals surface area contributed by atoms with Crippen molar-refractivity contribution in [2.24, 2.45) is 0 Å². The molecule has 0 aliphatic carbocycles. The maximum absolute atomic E-state index is 13.0. The van der Waals surface area contributed by atoms with E-state index in [9.17, 15) is 9.18 Å². The zero-order chi connectivity index (χ0) is 21.4. The number of carbonyl (C=O) groups is 1. The van der Waals surface area contributed by atoms with E-state index in [1.807, 2.05) is 71.8 Å². The number of fused-ring (bicyclic) bond motifs is 1. The zero-order valence-corrected chi connectivity index (χ0v) is 16.7. The van der Waals surface area contributed by atoms with Gasteiger partial charge in [0, 0.05) is 17.6 Å². The number of nitrogens with two attached hydrogens (primary N) is 1. The molecule has 0 radical (unpaired) electrons. The van der Waals surface area contributed by atoms with Gasteiger partial charge in [0.05, 0.1) is 19.5 Å². The summed E-state index contributed by atoms with van der Waals surface area (Å²) in [6.07, 6.45) is 1.35. The number of halogens is 1. The topological polar surface area (TPSA) is 88.5 Å². The van der Waals surface area contributed by atoms with Crippen molar-refractivity contribution in [1.82, 2.24) is 14.6 Å². The number of nitrogens with one attached hydrogen (secondary N) is 1. The van der Waals surface area contributed by atoms with Gasteiger partial charge in [-0.05, 0) is 53.1 Å². The molecule has 1 amide bonds. The van der Waals surface area contributed by atoms with Crippen molar-refractivity contribution in [3.05, 3.63) is 72.4 Å². The van der Waals surface area contributed by atoms with Crippen LogP contribution < -0.4 is 16.0 Å². The van der Waals surface area contributed by atoms with E-state index in [1.54, 1.807) is 4.52 Å². The third-order valence-corrected chi connectivity index (χ3v) is 5.36. The number of anilines is 3. The summed E-state index contributed by atoms with van der Waals surface area (Å²) in [7, 11) is 0. The van der Waals surface area contributed by atoms with Crippen molar-refractivity contribution in [2.45, 2.75) is 12.6 Å². The highest BCUT2D eigenvalue weighted by Gasteiger charge is 2.26. The van der Waals surface area contributed by atoms with E-state index < -0.39 is 6.17 Å². The Hall–Kier alpha value is -3.94. The summed E-state index contributed by atoms with van der Waals surface area (Å²) in [6.45, 7) is 0.866. The second kappa shape index (κ2) is 7.71. The lowest BCUT2D eigenvalue weighted by molar-refractivity contribution is -0.115. The monoisotopic (exact) mass is 416 g/mol. The van der Waals surface area contributed by atoms with E-state index >= 15 is 0 Å². The fourth-order valence-electron chi connectivity index (χ4n) is 3.68. The van der Waals surface area contributed by atoms with Gasteiger partial charge < -0.3 is 16.0 Å². The fourth-order valence-corrected chi connectivity index (χ4v) is 3.68. The van der Waals surface area contributed by atoms with Gasteiger partial charge in [0.1, 0.15) is 6.17 Å². The van der Waals surface area contributed by atoms with Crippen molar-refractivity contribution < 1.29 is 9.18 Å². The molecule has 156 valence electrons. The SMILES string of the molecule is Nc1nc2cc(-c3ccc(CC(=O)Nc4ccc(N5CC(F)C5)cc4)cc3)ccn2n1. The molecule has 31 heavy (non-hydrogen) atoms. The van der Waals surface area contributed by atoms with E-state index in [2.05, 4.69) is 15.4 Å². The lowest BCUT2D eigenvalue weighted by Crippen LogP contribution is -2.48. The Morgan fingerprint density at radius 2 is 1.81 bits per heavy atom. The van der Waals surface area contributed by atoms with Crippen LogP contribution in [0.1, 0.15) is 5.56 Å². The smallest absolute Gasteiger partial charge is 0.240 e. The highest BCUT2D eigenvalue weighted by molar-refractivity contribution is 5.92. The minimum Gasteiger partial charge on any atom is -0.366 e. The van der Waals surface area contributed by atoms with Gasteiger partial charge in [0.2, 0.25) is 11.9 Å². The molecule has 0 spiro atoms. The molecular weight excluding hydrogens is 395 g/mol. The van der Waals surface area contributed by atoms with E-state index in [-0.39, 0.29) is 18.3 Å². The molecule has 4 aromatic rings. The molecule has 0 saturated carbocycles. The second-order valence-corrected chi connectivity index (χ2v) is 7.66. The van der Waals surface area contributed by atoms with Crippen LogP contribution in [0.2, 0.25) is 0 Å². The first-order chi connectivity index (χ1) is 15.0. The van der Waals surface area contributed by atoms with E-state index in [0.29, 0.717) is 18.7 Å². The normalized spacial score (nSPS) is 13.9. The van der Waals surface area contributed by atoms with Gasteiger partial charge in [0.25, 0.3) is 0 Å². The number of alkyl halides is 1. The predicted molar refractivity (Wildman–Crippen MR) is 119 cm³/mol. The summed E-state index contributed by atoms with van der Waals surface area (Å²) in [5.41, 5.74) is 10.9. The number of nitrogens with zero attached hydrogens (tertiary/aromatic N) is 4. The highest BCUT2D eigenvalue weighted by atomic mass is 19.1. The van der Waals surface area contributed by atoms with Gasteiger partial charge in [0.15, 0.2) is 5.65 Å². The first-order valence-corrected chi connectivity index (χ1v) is 10.0. The molecule has 1 aliphatic rings. The quantitative estimate of drug-likeness (QED) is 0.521. The van der Waals surface area contributed by atoms with Crippen molar-refractivity contribution >= 4 is 28.9 Å². The average molecular weight is 416 g/mol. The molecule has 8 heteroatoms. The van der Waals surface area contributed by atoms with E-state index in [4.69, 9.17) is 5.73 Å². The number of carbonyl (C=O) groups excluding carboxylic acids is 1. The Balaban J connectivity index is 1.21. The van der Waals surface area contributed by atoms with Crippen LogP contribution in [0.3, 0.4) is 0 Å². The van der Waals surface area contributed by atoms with Gasteiger partial charge in [-0.15, -0.1) is 5.10 Å². The summed E-state index contributed by atoms with van der Waals surface area (Å²) >= 11 is 0. The minimum atomic E-state index is -0.741. The number of benzene rings is 2. The largest absolute Gasteiger partial charge is 0.366 e. The lowest BCUT2D eigenvalue weighted by atomic mass is 10.0. The zero-order valence-electron chi connectivity index (χ0n) is 16.7. The number of pyridine rings is 1. The van der Waals surface area contributed by atoms with Crippen molar-refractivity contribution in [2.75, 3.05) is 29.0 Å². The first kappa shape index (κ1) is 19.0. The Morgan fingerprint density at radius 3 is 2.52 bits per heavy atom. The van der Waals surface area contributed by atoms with Crippen LogP contribution in [-0.2, 0) is 11.2 Å². The second-order valence-electron chi connectivity index (χ2n) is 7.66. The van der Waals surface area contributed by atoms with Crippen molar-refractivity contribution in [1.29, 1.82) is 0 Å². The number of aromatic nitrogens is 3. The van der Waals surface area contributed by atoms with Crippen molar-refractivity contribution in [3.8, 4) is 11.1 Å². The van der Waals surface area contributed by atoms with Crippen LogP contribution in [0, 0.1) is 0 Å². The Labute approximate surface area is 178 Å². The molecule has 2 aromatic heterocycles. The number of hydrogen-bond donors (Lipinski definition) is 2. The molecule has 3 N–H and O–H groups in total. The fraction of sp³-hybridized carbons (Fsp3) is 0.174. The molecule has 0 unspecified atom stereocenters.